The molecule has 0 spiro atoms. The molecule has 2 aromatic rings. The molecule has 0 aliphatic heterocycles. The summed E-state index contributed by atoms with van der Waals surface area (Å²) in [4.78, 5) is 0. The van der Waals surface area contributed by atoms with E-state index in [4.69, 9.17) is 0 Å². The van der Waals surface area contributed by atoms with E-state index in [-0.39, 0.29) is 11.9 Å². The van der Waals surface area contributed by atoms with Crippen molar-refractivity contribution in [3.63, 3.8) is 0 Å². The van der Waals surface area contributed by atoms with Gasteiger partial charge in [0.15, 0.2) is 0 Å². The molecule has 0 saturated carbocycles. The minimum Gasteiger partial charge on any atom is -0.310 e. The average Bonchev–Trinajstić information content (AvgIpc) is 2.38. The van der Waals surface area contributed by atoms with Gasteiger partial charge in [-0.1, -0.05) is 42.8 Å². The molecule has 1 N–H and O–H groups in total. The van der Waals surface area contributed by atoms with E-state index in [9.17, 15) is 4.39 Å². The Hall–Kier alpha value is -0.940. The van der Waals surface area contributed by atoms with Crippen LogP contribution < -0.4 is 5.32 Å². The predicted octanol–water partition coefficient (Wildman–Crippen LogP) is 4.63. The zero-order chi connectivity index (χ0) is 14.5. The SMILES string of the molecule is CCNC(Cc1cccc(C)c1)c1ccc(F)cc1I. The van der Waals surface area contributed by atoms with Gasteiger partial charge in [0.1, 0.15) is 5.82 Å². The molecule has 0 heterocycles. The summed E-state index contributed by atoms with van der Waals surface area (Å²) in [6, 6.07) is 13.8. The van der Waals surface area contributed by atoms with Crippen molar-refractivity contribution in [3.8, 4) is 0 Å². The molecule has 1 atom stereocenters. The second-order valence-electron chi connectivity index (χ2n) is 4.97. The zero-order valence-electron chi connectivity index (χ0n) is 11.8. The van der Waals surface area contributed by atoms with Crippen LogP contribution in [-0.2, 0) is 6.42 Å². The lowest BCUT2D eigenvalue weighted by atomic mass is 9.98. The summed E-state index contributed by atoms with van der Waals surface area (Å²) < 4.78 is 14.2. The van der Waals surface area contributed by atoms with Crippen LogP contribution in [0.15, 0.2) is 42.5 Å². The first kappa shape index (κ1) is 15.4. The van der Waals surface area contributed by atoms with Crippen LogP contribution in [0.2, 0.25) is 0 Å². The molecule has 2 aromatic carbocycles. The maximum atomic E-state index is 13.3. The molecule has 2 rings (SSSR count). The molecule has 0 radical (unpaired) electrons. The number of hydrogen-bond donors (Lipinski definition) is 1. The summed E-state index contributed by atoms with van der Waals surface area (Å²) in [5.74, 6) is -0.177. The van der Waals surface area contributed by atoms with Gasteiger partial charge in [0.2, 0.25) is 0 Å². The van der Waals surface area contributed by atoms with Crippen LogP contribution >= 0.6 is 22.6 Å². The smallest absolute Gasteiger partial charge is 0.124 e. The van der Waals surface area contributed by atoms with E-state index in [1.807, 2.05) is 6.07 Å². The van der Waals surface area contributed by atoms with Crippen LogP contribution in [0.3, 0.4) is 0 Å². The minimum atomic E-state index is -0.177. The maximum Gasteiger partial charge on any atom is 0.124 e. The number of likely N-dealkylation sites (N-methyl/N-ethyl adjacent to an activating group) is 1. The highest BCUT2D eigenvalue weighted by Gasteiger charge is 2.14. The molecule has 0 aliphatic rings. The molecule has 1 unspecified atom stereocenters. The number of aryl methyl sites for hydroxylation is 1. The van der Waals surface area contributed by atoms with Gasteiger partial charge in [-0.2, -0.15) is 0 Å². The van der Waals surface area contributed by atoms with Gasteiger partial charge in [0.05, 0.1) is 0 Å². The lowest BCUT2D eigenvalue weighted by Crippen LogP contribution is -2.23. The molecule has 0 amide bonds. The van der Waals surface area contributed by atoms with Gasteiger partial charge in [-0.25, -0.2) is 4.39 Å². The van der Waals surface area contributed by atoms with E-state index in [0.717, 1.165) is 22.1 Å². The van der Waals surface area contributed by atoms with Crippen LogP contribution in [0.5, 0.6) is 0 Å². The van der Waals surface area contributed by atoms with Crippen molar-refractivity contribution >= 4 is 22.6 Å². The summed E-state index contributed by atoms with van der Waals surface area (Å²) in [5, 5.41) is 3.50. The maximum absolute atomic E-state index is 13.3. The Kier molecular flexibility index (Phi) is 5.54. The van der Waals surface area contributed by atoms with Crippen molar-refractivity contribution in [1.82, 2.24) is 5.32 Å². The van der Waals surface area contributed by atoms with Crippen molar-refractivity contribution < 1.29 is 4.39 Å². The lowest BCUT2D eigenvalue weighted by Gasteiger charge is -2.20. The van der Waals surface area contributed by atoms with Crippen LogP contribution in [0.1, 0.15) is 29.7 Å². The second-order valence-corrected chi connectivity index (χ2v) is 6.13. The lowest BCUT2D eigenvalue weighted by molar-refractivity contribution is 0.545. The number of rotatable bonds is 5. The van der Waals surface area contributed by atoms with Gasteiger partial charge in [0, 0.05) is 9.61 Å². The van der Waals surface area contributed by atoms with Gasteiger partial charge >= 0.3 is 0 Å². The Labute approximate surface area is 133 Å². The van der Waals surface area contributed by atoms with E-state index in [2.05, 4.69) is 66.0 Å². The molecule has 0 aliphatic carbocycles. The second kappa shape index (κ2) is 7.18. The topological polar surface area (TPSA) is 12.0 Å². The van der Waals surface area contributed by atoms with Crippen LogP contribution in [-0.4, -0.2) is 6.54 Å². The first-order chi connectivity index (χ1) is 9.60. The standard InChI is InChI=1S/C17H19FIN/c1-3-20-17(10-13-6-4-5-12(2)9-13)15-8-7-14(18)11-16(15)19/h4-9,11,17,20H,3,10H2,1-2H3. The van der Waals surface area contributed by atoms with E-state index in [1.165, 1.54) is 17.2 Å². The summed E-state index contributed by atoms with van der Waals surface area (Å²) in [6.07, 6.45) is 0.914. The molecule has 0 saturated heterocycles. The third-order valence-corrected chi connectivity index (χ3v) is 4.24. The number of halogens is 2. The number of benzene rings is 2. The summed E-state index contributed by atoms with van der Waals surface area (Å²) >= 11 is 2.21. The largest absolute Gasteiger partial charge is 0.310 e. The average molecular weight is 383 g/mol. The Morgan fingerprint density at radius 1 is 1.20 bits per heavy atom. The molecule has 20 heavy (non-hydrogen) atoms. The first-order valence-electron chi connectivity index (χ1n) is 6.84. The monoisotopic (exact) mass is 383 g/mol. The van der Waals surface area contributed by atoms with Crippen LogP contribution in [0.4, 0.5) is 4.39 Å². The van der Waals surface area contributed by atoms with Crippen molar-refractivity contribution in [2.24, 2.45) is 0 Å². The van der Waals surface area contributed by atoms with Crippen LogP contribution in [0.25, 0.3) is 0 Å². The molecule has 3 heteroatoms. The van der Waals surface area contributed by atoms with Crippen molar-refractivity contribution in [2.75, 3.05) is 6.54 Å². The molecular weight excluding hydrogens is 364 g/mol. The number of hydrogen-bond acceptors (Lipinski definition) is 1. The summed E-state index contributed by atoms with van der Waals surface area (Å²) in [7, 11) is 0. The normalized spacial score (nSPS) is 12.4. The van der Waals surface area contributed by atoms with Gasteiger partial charge < -0.3 is 5.32 Å². The third-order valence-electron chi connectivity index (χ3n) is 3.31. The molecule has 1 nitrogen and oxygen atoms in total. The number of nitrogens with one attached hydrogen (secondary N) is 1. The van der Waals surface area contributed by atoms with E-state index < -0.39 is 0 Å². The fourth-order valence-electron chi connectivity index (χ4n) is 2.40. The minimum absolute atomic E-state index is 0.177. The highest BCUT2D eigenvalue weighted by Crippen LogP contribution is 2.24. The Bertz CT molecular complexity index is 583. The molecular formula is C17H19FIN. The molecule has 0 bridgehead atoms. The summed E-state index contributed by atoms with van der Waals surface area (Å²) in [5.41, 5.74) is 3.73. The van der Waals surface area contributed by atoms with Gasteiger partial charge in [-0.3, -0.25) is 0 Å². The van der Waals surface area contributed by atoms with Crippen molar-refractivity contribution in [3.05, 3.63) is 68.5 Å². The fourth-order valence-corrected chi connectivity index (χ4v) is 3.25. The van der Waals surface area contributed by atoms with E-state index >= 15 is 0 Å². The van der Waals surface area contributed by atoms with E-state index in [1.54, 1.807) is 6.07 Å². The molecule has 106 valence electrons. The zero-order valence-corrected chi connectivity index (χ0v) is 13.9. The Morgan fingerprint density at radius 3 is 2.65 bits per heavy atom. The molecule has 0 aromatic heterocycles. The quantitative estimate of drug-likeness (QED) is 0.743. The highest BCUT2D eigenvalue weighted by atomic mass is 127. The van der Waals surface area contributed by atoms with E-state index in [0.29, 0.717) is 0 Å². The third kappa shape index (κ3) is 4.03. The van der Waals surface area contributed by atoms with Crippen molar-refractivity contribution in [1.29, 1.82) is 0 Å². The van der Waals surface area contributed by atoms with Gasteiger partial charge in [-0.05, 0) is 65.7 Å². The Balaban J connectivity index is 2.26. The molecule has 0 fully saturated rings. The fraction of sp³-hybridized carbons (Fsp3) is 0.294. The van der Waals surface area contributed by atoms with Gasteiger partial charge in [-0.15, -0.1) is 0 Å². The van der Waals surface area contributed by atoms with Crippen LogP contribution in [0, 0.1) is 16.3 Å². The van der Waals surface area contributed by atoms with Crippen molar-refractivity contribution in [2.45, 2.75) is 26.3 Å². The first-order valence-corrected chi connectivity index (χ1v) is 7.92. The predicted molar refractivity (Wildman–Crippen MR) is 90.4 cm³/mol. The summed E-state index contributed by atoms with van der Waals surface area (Å²) in [6.45, 7) is 5.09. The van der Waals surface area contributed by atoms with Gasteiger partial charge in [0.25, 0.3) is 0 Å². The highest BCUT2D eigenvalue weighted by molar-refractivity contribution is 14.1. The Morgan fingerprint density at radius 2 is 2.00 bits per heavy atom.